The number of carbonyl (C=O) groups excluding carboxylic acids is 1. The fourth-order valence-corrected chi connectivity index (χ4v) is 2.23. The molecule has 0 atom stereocenters. The zero-order chi connectivity index (χ0) is 13.4. The molecule has 0 amide bonds. The van der Waals surface area contributed by atoms with Crippen molar-refractivity contribution in [3.05, 3.63) is 35.4 Å². The van der Waals surface area contributed by atoms with Gasteiger partial charge in [-0.05, 0) is 43.7 Å². The molecular weight excluding hydrogens is 246 g/mol. The lowest BCUT2D eigenvalue weighted by Crippen LogP contribution is -2.21. The maximum atomic E-state index is 11.6. The van der Waals surface area contributed by atoms with E-state index in [-0.39, 0.29) is 5.97 Å². The fraction of sp³-hybridized carbons (Fsp3) is 0.500. The second-order valence-corrected chi connectivity index (χ2v) is 5.22. The van der Waals surface area contributed by atoms with Crippen LogP contribution in [0.15, 0.2) is 24.3 Å². The summed E-state index contributed by atoms with van der Waals surface area (Å²) in [6.45, 7) is 1.82. The first-order valence-electron chi connectivity index (χ1n) is 6.02. The highest BCUT2D eigenvalue weighted by molar-refractivity contribution is 7.98. The molecule has 4 heteroatoms. The summed E-state index contributed by atoms with van der Waals surface area (Å²) in [4.78, 5) is 13.9. The van der Waals surface area contributed by atoms with Gasteiger partial charge in [0, 0.05) is 6.54 Å². The van der Waals surface area contributed by atoms with Crippen LogP contribution in [0.25, 0.3) is 0 Å². The van der Waals surface area contributed by atoms with E-state index in [4.69, 9.17) is 4.74 Å². The maximum absolute atomic E-state index is 11.6. The molecule has 0 fully saturated rings. The van der Waals surface area contributed by atoms with Gasteiger partial charge >= 0.3 is 5.97 Å². The lowest BCUT2D eigenvalue weighted by atomic mass is 10.1. The molecule has 0 aliphatic heterocycles. The van der Waals surface area contributed by atoms with Crippen LogP contribution >= 0.6 is 11.8 Å². The van der Waals surface area contributed by atoms with Crippen LogP contribution in [0, 0.1) is 0 Å². The van der Waals surface area contributed by atoms with Gasteiger partial charge in [-0.3, -0.25) is 0 Å². The van der Waals surface area contributed by atoms with Gasteiger partial charge in [-0.2, -0.15) is 11.8 Å². The third-order valence-electron chi connectivity index (χ3n) is 2.75. The molecule has 3 nitrogen and oxygen atoms in total. The second kappa shape index (κ2) is 8.16. The van der Waals surface area contributed by atoms with Crippen LogP contribution in [-0.2, 0) is 11.3 Å². The van der Waals surface area contributed by atoms with Crippen molar-refractivity contribution >= 4 is 17.7 Å². The molecule has 1 rings (SSSR count). The van der Waals surface area contributed by atoms with Gasteiger partial charge in [0.05, 0.1) is 12.7 Å². The lowest BCUT2D eigenvalue weighted by molar-refractivity contribution is 0.0598. The first kappa shape index (κ1) is 15.1. The molecule has 100 valence electrons. The molecule has 0 saturated heterocycles. The number of thioether (sulfide) groups is 1. The summed E-state index contributed by atoms with van der Waals surface area (Å²) in [5.41, 5.74) is 1.69. The lowest BCUT2D eigenvalue weighted by Gasteiger charge is -2.17. The van der Waals surface area contributed by atoms with Crippen molar-refractivity contribution in [3.8, 4) is 0 Å². The summed E-state index contributed by atoms with van der Waals surface area (Å²) in [5, 5.41) is 0. The second-order valence-electron chi connectivity index (χ2n) is 4.23. The van der Waals surface area contributed by atoms with Crippen LogP contribution in [0.4, 0.5) is 0 Å². The summed E-state index contributed by atoms with van der Waals surface area (Å²) in [7, 11) is 3.50. The molecule has 18 heavy (non-hydrogen) atoms. The molecule has 0 radical (unpaired) electrons. The fourth-order valence-electron chi connectivity index (χ4n) is 1.82. The number of esters is 1. The molecule has 1 aromatic carbocycles. The molecule has 0 aliphatic carbocycles. The van der Waals surface area contributed by atoms with Gasteiger partial charge in [-0.25, -0.2) is 4.79 Å². The van der Waals surface area contributed by atoms with Gasteiger partial charge in [0.25, 0.3) is 0 Å². The monoisotopic (exact) mass is 267 g/mol. The number of rotatable bonds is 7. The Hall–Kier alpha value is -1.00. The van der Waals surface area contributed by atoms with E-state index in [1.165, 1.54) is 12.9 Å². The van der Waals surface area contributed by atoms with E-state index in [2.05, 4.69) is 18.2 Å². The van der Waals surface area contributed by atoms with Crippen LogP contribution < -0.4 is 0 Å². The molecule has 0 N–H and O–H groups in total. The van der Waals surface area contributed by atoms with Crippen molar-refractivity contribution in [3.63, 3.8) is 0 Å². The topological polar surface area (TPSA) is 29.5 Å². The number of hydrogen-bond donors (Lipinski definition) is 0. The highest BCUT2D eigenvalue weighted by Gasteiger charge is 2.11. The Morgan fingerprint density at radius 3 is 2.78 bits per heavy atom. The SMILES string of the molecule is COC(=O)c1ccccc1CN(C)CCCSC. The Bertz CT molecular complexity index is 382. The summed E-state index contributed by atoms with van der Waals surface area (Å²) in [5.74, 6) is 0.909. The molecule has 0 aromatic heterocycles. The zero-order valence-corrected chi connectivity index (χ0v) is 12.1. The van der Waals surface area contributed by atoms with Crippen LogP contribution in [0.3, 0.4) is 0 Å². The van der Waals surface area contributed by atoms with E-state index in [1.54, 1.807) is 0 Å². The summed E-state index contributed by atoms with van der Waals surface area (Å²) < 4.78 is 4.80. The van der Waals surface area contributed by atoms with Crippen molar-refractivity contribution in [1.82, 2.24) is 4.90 Å². The Labute approximate surface area is 114 Å². The first-order chi connectivity index (χ1) is 8.69. The zero-order valence-electron chi connectivity index (χ0n) is 11.3. The van der Waals surface area contributed by atoms with E-state index in [9.17, 15) is 4.79 Å². The summed E-state index contributed by atoms with van der Waals surface area (Å²) >= 11 is 1.86. The van der Waals surface area contributed by atoms with Gasteiger partial charge in [-0.15, -0.1) is 0 Å². The van der Waals surface area contributed by atoms with Crippen LogP contribution in [0.5, 0.6) is 0 Å². The van der Waals surface area contributed by atoms with Crippen LogP contribution in [-0.4, -0.2) is 43.6 Å². The van der Waals surface area contributed by atoms with Crippen molar-refractivity contribution in [2.45, 2.75) is 13.0 Å². The predicted molar refractivity (Wildman–Crippen MR) is 77.1 cm³/mol. The van der Waals surface area contributed by atoms with Crippen LogP contribution in [0.2, 0.25) is 0 Å². The van der Waals surface area contributed by atoms with Gasteiger partial charge in [-0.1, -0.05) is 18.2 Å². The Balaban J connectivity index is 2.63. The highest BCUT2D eigenvalue weighted by atomic mass is 32.2. The molecule has 0 spiro atoms. The van der Waals surface area contributed by atoms with Crippen LogP contribution in [0.1, 0.15) is 22.3 Å². The molecule has 0 saturated carbocycles. The van der Waals surface area contributed by atoms with Crippen molar-refractivity contribution in [2.75, 3.05) is 32.7 Å². The number of carbonyl (C=O) groups is 1. The molecular formula is C14H21NO2S. The maximum Gasteiger partial charge on any atom is 0.338 e. The van der Waals surface area contributed by atoms with Crippen molar-refractivity contribution in [1.29, 1.82) is 0 Å². The smallest absolute Gasteiger partial charge is 0.338 e. The highest BCUT2D eigenvalue weighted by Crippen LogP contribution is 2.12. The normalized spacial score (nSPS) is 10.7. The number of ether oxygens (including phenoxy) is 1. The van der Waals surface area contributed by atoms with Crippen molar-refractivity contribution in [2.24, 2.45) is 0 Å². The van der Waals surface area contributed by atoms with E-state index < -0.39 is 0 Å². The minimum atomic E-state index is -0.261. The number of hydrogen-bond acceptors (Lipinski definition) is 4. The van der Waals surface area contributed by atoms with Gasteiger partial charge < -0.3 is 9.64 Å². The molecule has 0 unspecified atom stereocenters. The Morgan fingerprint density at radius 2 is 2.11 bits per heavy atom. The number of benzene rings is 1. The van der Waals surface area contributed by atoms with E-state index in [1.807, 2.05) is 36.0 Å². The average Bonchev–Trinajstić information content (AvgIpc) is 2.39. The average molecular weight is 267 g/mol. The quantitative estimate of drug-likeness (QED) is 0.561. The number of nitrogens with zero attached hydrogens (tertiary/aromatic N) is 1. The van der Waals surface area contributed by atoms with Gasteiger partial charge in [0.2, 0.25) is 0 Å². The minimum Gasteiger partial charge on any atom is -0.465 e. The minimum absolute atomic E-state index is 0.261. The molecule has 0 heterocycles. The molecule has 1 aromatic rings. The standard InChI is InChI=1S/C14H21NO2S/c1-15(9-6-10-18-3)11-12-7-4-5-8-13(12)14(16)17-2/h4-5,7-8H,6,9-11H2,1-3H3. The van der Waals surface area contributed by atoms with E-state index in [0.717, 1.165) is 25.1 Å². The Kier molecular flexibility index (Phi) is 6.83. The van der Waals surface area contributed by atoms with Gasteiger partial charge in [0.1, 0.15) is 0 Å². The Morgan fingerprint density at radius 1 is 1.39 bits per heavy atom. The van der Waals surface area contributed by atoms with Gasteiger partial charge in [0.15, 0.2) is 0 Å². The summed E-state index contributed by atoms with van der Waals surface area (Å²) in [6.07, 6.45) is 3.28. The van der Waals surface area contributed by atoms with E-state index in [0.29, 0.717) is 5.56 Å². The molecule has 0 bridgehead atoms. The van der Waals surface area contributed by atoms with E-state index >= 15 is 0 Å². The third kappa shape index (κ3) is 4.70. The predicted octanol–water partition coefficient (Wildman–Crippen LogP) is 2.66. The van der Waals surface area contributed by atoms with Crippen molar-refractivity contribution < 1.29 is 9.53 Å². The summed E-state index contributed by atoms with van der Waals surface area (Å²) in [6, 6.07) is 7.62. The number of methoxy groups -OCH3 is 1. The largest absolute Gasteiger partial charge is 0.465 e. The first-order valence-corrected chi connectivity index (χ1v) is 7.42. The third-order valence-corrected chi connectivity index (χ3v) is 3.45. The molecule has 0 aliphatic rings.